The molecule has 1 aliphatic heterocycles. The fraction of sp³-hybridized carbons (Fsp3) is 0.562. The third kappa shape index (κ3) is 3.37. The maximum absolute atomic E-state index is 13.6. The van der Waals surface area contributed by atoms with Crippen LogP contribution in [0.3, 0.4) is 0 Å². The monoisotopic (exact) mass is 278 g/mol. The summed E-state index contributed by atoms with van der Waals surface area (Å²) in [7, 11) is 0. The highest BCUT2D eigenvalue weighted by Gasteiger charge is 2.24. The summed E-state index contributed by atoms with van der Waals surface area (Å²) in [6.07, 6.45) is 2.25. The van der Waals surface area contributed by atoms with Gasteiger partial charge in [0, 0.05) is 24.2 Å². The summed E-state index contributed by atoms with van der Waals surface area (Å²) in [6, 6.07) is 5.17. The fourth-order valence-electron chi connectivity index (χ4n) is 2.57. The number of nitrogens with zero attached hydrogens (tertiary/aromatic N) is 1. The van der Waals surface area contributed by atoms with Crippen molar-refractivity contribution in [3.8, 4) is 0 Å². The molecule has 1 amide bonds. The van der Waals surface area contributed by atoms with Crippen LogP contribution in [-0.2, 0) is 0 Å². The maximum Gasteiger partial charge on any atom is 0.254 e. The van der Waals surface area contributed by atoms with Gasteiger partial charge in [0.25, 0.3) is 5.91 Å². The second-order valence-corrected chi connectivity index (χ2v) is 5.81. The van der Waals surface area contributed by atoms with E-state index in [9.17, 15) is 9.18 Å². The van der Waals surface area contributed by atoms with Gasteiger partial charge in [-0.3, -0.25) is 4.79 Å². The molecule has 3 nitrogen and oxygen atoms in total. The number of rotatable bonds is 4. The molecule has 0 bridgehead atoms. The molecule has 20 heavy (non-hydrogen) atoms. The van der Waals surface area contributed by atoms with Crippen LogP contribution in [0.15, 0.2) is 18.2 Å². The van der Waals surface area contributed by atoms with Gasteiger partial charge in [0.05, 0.1) is 0 Å². The smallest absolute Gasteiger partial charge is 0.254 e. The Hall–Kier alpha value is -1.42. The molecule has 1 heterocycles. The number of amides is 1. The molecular formula is C16H23FN2O. The molecule has 0 spiro atoms. The van der Waals surface area contributed by atoms with Crippen molar-refractivity contribution in [2.45, 2.75) is 45.7 Å². The molecule has 0 radical (unpaired) electrons. The summed E-state index contributed by atoms with van der Waals surface area (Å²) < 4.78 is 13.6. The van der Waals surface area contributed by atoms with E-state index in [0.717, 1.165) is 19.4 Å². The molecule has 0 saturated carbocycles. The van der Waals surface area contributed by atoms with Crippen LogP contribution in [0.25, 0.3) is 0 Å². The van der Waals surface area contributed by atoms with Crippen LogP contribution in [-0.4, -0.2) is 36.0 Å². The molecule has 1 aliphatic rings. The van der Waals surface area contributed by atoms with Crippen LogP contribution in [0, 0.1) is 12.7 Å². The van der Waals surface area contributed by atoms with Crippen molar-refractivity contribution in [3.63, 3.8) is 0 Å². The normalized spacial score (nSPS) is 18.6. The number of carbonyl (C=O) groups is 1. The first kappa shape index (κ1) is 15.0. The predicted octanol–water partition coefficient (Wildman–Crippen LogP) is 2.74. The quantitative estimate of drug-likeness (QED) is 0.918. The highest BCUT2D eigenvalue weighted by molar-refractivity contribution is 5.94. The second-order valence-electron chi connectivity index (χ2n) is 5.81. The van der Waals surface area contributed by atoms with Crippen molar-refractivity contribution in [1.29, 1.82) is 0 Å². The Kier molecular flexibility index (Phi) is 4.76. The molecule has 1 aromatic rings. The predicted molar refractivity (Wildman–Crippen MR) is 78.3 cm³/mol. The fourth-order valence-corrected chi connectivity index (χ4v) is 2.57. The zero-order valence-corrected chi connectivity index (χ0v) is 12.4. The molecular weight excluding hydrogens is 255 g/mol. The highest BCUT2D eigenvalue weighted by Crippen LogP contribution is 2.15. The number of hydrogen-bond donors (Lipinski definition) is 1. The van der Waals surface area contributed by atoms with Crippen LogP contribution in [0.2, 0.25) is 0 Å². The van der Waals surface area contributed by atoms with E-state index in [4.69, 9.17) is 0 Å². The van der Waals surface area contributed by atoms with Crippen LogP contribution >= 0.6 is 0 Å². The van der Waals surface area contributed by atoms with Crippen LogP contribution in [0.5, 0.6) is 0 Å². The summed E-state index contributed by atoms with van der Waals surface area (Å²) in [5.74, 6) is -0.411. The third-order valence-corrected chi connectivity index (χ3v) is 3.88. The molecule has 0 aromatic heterocycles. The summed E-state index contributed by atoms with van der Waals surface area (Å²) in [5.41, 5.74) is 0.995. The highest BCUT2D eigenvalue weighted by atomic mass is 19.1. The van der Waals surface area contributed by atoms with Crippen LogP contribution < -0.4 is 5.32 Å². The Balaban J connectivity index is 2.15. The zero-order valence-electron chi connectivity index (χ0n) is 12.4. The van der Waals surface area contributed by atoms with E-state index in [1.165, 1.54) is 6.07 Å². The molecule has 1 unspecified atom stereocenters. The van der Waals surface area contributed by atoms with Gasteiger partial charge in [-0.1, -0.05) is 6.07 Å². The summed E-state index contributed by atoms with van der Waals surface area (Å²) in [5, 5.41) is 3.40. The van der Waals surface area contributed by atoms with E-state index >= 15 is 0 Å². The van der Waals surface area contributed by atoms with E-state index < -0.39 is 0 Å². The van der Waals surface area contributed by atoms with E-state index in [-0.39, 0.29) is 17.8 Å². The van der Waals surface area contributed by atoms with Crippen LogP contribution in [0.1, 0.15) is 42.6 Å². The first-order valence-corrected chi connectivity index (χ1v) is 7.29. The maximum atomic E-state index is 13.6. The lowest BCUT2D eigenvalue weighted by Gasteiger charge is -2.29. The number of hydrogen-bond acceptors (Lipinski definition) is 2. The topological polar surface area (TPSA) is 32.3 Å². The first-order chi connectivity index (χ1) is 9.49. The Morgan fingerprint density at radius 2 is 2.25 bits per heavy atom. The summed E-state index contributed by atoms with van der Waals surface area (Å²) >= 11 is 0. The van der Waals surface area contributed by atoms with Gasteiger partial charge < -0.3 is 10.2 Å². The second kappa shape index (κ2) is 6.35. The molecule has 1 atom stereocenters. The van der Waals surface area contributed by atoms with Gasteiger partial charge in [0.2, 0.25) is 0 Å². The standard InChI is InChI=1S/C16H23FN2O/c1-11(2)19(10-14-5-4-8-18-14)16(20)13-7-6-12(3)15(17)9-13/h6-7,9,11,14,18H,4-5,8,10H2,1-3H3. The molecule has 0 aliphatic carbocycles. The molecule has 1 fully saturated rings. The Labute approximate surface area is 120 Å². The lowest BCUT2D eigenvalue weighted by molar-refractivity contribution is 0.0688. The minimum absolute atomic E-state index is 0.0902. The molecule has 1 N–H and O–H groups in total. The van der Waals surface area contributed by atoms with E-state index in [2.05, 4.69) is 5.32 Å². The SMILES string of the molecule is Cc1ccc(C(=O)N(CC2CCCN2)C(C)C)cc1F. The first-order valence-electron chi connectivity index (χ1n) is 7.29. The Morgan fingerprint density at radius 3 is 2.80 bits per heavy atom. The van der Waals surface area contributed by atoms with Crippen molar-refractivity contribution in [2.75, 3.05) is 13.1 Å². The minimum Gasteiger partial charge on any atom is -0.335 e. The number of aryl methyl sites for hydroxylation is 1. The average molecular weight is 278 g/mol. The molecule has 1 aromatic carbocycles. The minimum atomic E-state index is -0.321. The molecule has 2 rings (SSSR count). The largest absolute Gasteiger partial charge is 0.335 e. The van der Waals surface area contributed by atoms with Gasteiger partial charge in [0.1, 0.15) is 5.82 Å². The van der Waals surface area contributed by atoms with Gasteiger partial charge in [0.15, 0.2) is 0 Å². The number of nitrogens with one attached hydrogen (secondary N) is 1. The number of carbonyl (C=O) groups excluding carboxylic acids is 1. The number of benzene rings is 1. The molecule has 1 saturated heterocycles. The molecule has 4 heteroatoms. The van der Waals surface area contributed by atoms with Crippen molar-refractivity contribution in [3.05, 3.63) is 35.1 Å². The lowest BCUT2D eigenvalue weighted by atomic mass is 10.1. The van der Waals surface area contributed by atoms with Gasteiger partial charge >= 0.3 is 0 Å². The van der Waals surface area contributed by atoms with Gasteiger partial charge in [-0.2, -0.15) is 0 Å². The van der Waals surface area contributed by atoms with Crippen molar-refractivity contribution < 1.29 is 9.18 Å². The molecule has 110 valence electrons. The Bertz CT molecular complexity index is 481. The number of halogens is 1. The van der Waals surface area contributed by atoms with E-state index in [0.29, 0.717) is 23.7 Å². The zero-order chi connectivity index (χ0) is 14.7. The lowest BCUT2D eigenvalue weighted by Crippen LogP contribution is -2.44. The van der Waals surface area contributed by atoms with Gasteiger partial charge in [-0.25, -0.2) is 4.39 Å². The average Bonchev–Trinajstić information content (AvgIpc) is 2.91. The third-order valence-electron chi connectivity index (χ3n) is 3.88. The Morgan fingerprint density at radius 1 is 1.50 bits per heavy atom. The summed E-state index contributed by atoms with van der Waals surface area (Å²) in [4.78, 5) is 14.4. The van der Waals surface area contributed by atoms with Gasteiger partial charge in [-0.05, 0) is 57.9 Å². The summed E-state index contributed by atoms with van der Waals surface area (Å²) in [6.45, 7) is 7.40. The van der Waals surface area contributed by atoms with Gasteiger partial charge in [-0.15, -0.1) is 0 Å². The van der Waals surface area contributed by atoms with Crippen molar-refractivity contribution >= 4 is 5.91 Å². The van der Waals surface area contributed by atoms with E-state index in [1.807, 2.05) is 18.7 Å². The van der Waals surface area contributed by atoms with Crippen LogP contribution in [0.4, 0.5) is 4.39 Å². The van der Waals surface area contributed by atoms with Crippen molar-refractivity contribution in [1.82, 2.24) is 10.2 Å². The van der Waals surface area contributed by atoms with Crippen molar-refractivity contribution in [2.24, 2.45) is 0 Å². The van der Waals surface area contributed by atoms with E-state index in [1.54, 1.807) is 19.1 Å².